The average Bonchev–Trinajstić information content (AvgIpc) is 2.82. The fourth-order valence-corrected chi connectivity index (χ4v) is 2.01. The molecule has 0 fully saturated rings. The molecular formula is C15H19N3O2. The third-order valence-corrected chi connectivity index (χ3v) is 3.15. The molecule has 1 heterocycles. The fourth-order valence-electron chi connectivity index (χ4n) is 2.01. The SMILES string of the molecule is Cc1nccn1CCNC(=O)CCc1cccc(O)c1. The summed E-state index contributed by atoms with van der Waals surface area (Å²) in [7, 11) is 0. The summed E-state index contributed by atoms with van der Waals surface area (Å²) in [5, 5.41) is 12.2. The molecule has 0 aliphatic carbocycles. The van der Waals surface area contributed by atoms with Gasteiger partial charge in [-0.25, -0.2) is 4.98 Å². The van der Waals surface area contributed by atoms with Crippen molar-refractivity contribution in [3.8, 4) is 5.75 Å². The van der Waals surface area contributed by atoms with Crippen molar-refractivity contribution in [1.82, 2.24) is 14.9 Å². The lowest BCUT2D eigenvalue weighted by Gasteiger charge is -2.07. The normalized spacial score (nSPS) is 10.4. The topological polar surface area (TPSA) is 67.2 Å². The van der Waals surface area contributed by atoms with E-state index >= 15 is 0 Å². The second kappa shape index (κ2) is 6.75. The summed E-state index contributed by atoms with van der Waals surface area (Å²) in [5.74, 6) is 1.20. The number of nitrogens with one attached hydrogen (secondary N) is 1. The number of amides is 1. The van der Waals surface area contributed by atoms with Gasteiger partial charge < -0.3 is 15.0 Å². The van der Waals surface area contributed by atoms with E-state index < -0.39 is 0 Å². The highest BCUT2D eigenvalue weighted by Crippen LogP contribution is 2.12. The first-order valence-corrected chi connectivity index (χ1v) is 6.67. The van der Waals surface area contributed by atoms with Crippen LogP contribution in [0.15, 0.2) is 36.7 Å². The van der Waals surface area contributed by atoms with Crippen molar-refractivity contribution in [3.05, 3.63) is 48.0 Å². The van der Waals surface area contributed by atoms with E-state index in [0.29, 0.717) is 19.4 Å². The maximum Gasteiger partial charge on any atom is 0.220 e. The molecule has 1 aromatic carbocycles. The van der Waals surface area contributed by atoms with Crippen LogP contribution in [0.25, 0.3) is 0 Å². The lowest BCUT2D eigenvalue weighted by atomic mass is 10.1. The molecule has 0 bridgehead atoms. The molecule has 0 spiro atoms. The zero-order valence-electron chi connectivity index (χ0n) is 11.5. The Bertz CT molecular complexity index is 578. The summed E-state index contributed by atoms with van der Waals surface area (Å²) in [6.45, 7) is 3.25. The Balaban J connectivity index is 1.69. The monoisotopic (exact) mass is 273 g/mol. The second-order valence-corrected chi connectivity index (χ2v) is 4.69. The molecule has 2 rings (SSSR count). The highest BCUT2D eigenvalue weighted by molar-refractivity contribution is 5.76. The van der Waals surface area contributed by atoms with Crippen molar-refractivity contribution < 1.29 is 9.90 Å². The molecule has 1 aromatic heterocycles. The summed E-state index contributed by atoms with van der Waals surface area (Å²) in [4.78, 5) is 15.8. The number of hydrogen-bond acceptors (Lipinski definition) is 3. The van der Waals surface area contributed by atoms with Gasteiger partial charge in [0.1, 0.15) is 11.6 Å². The Labute approximate surface area is 118 Å². The van der Waals surface area contributed by atoms with Crippen molar-refractivity contribution in [2.24, 2.45) is 0 Å². The molecule has 106 valence electrons. The van der Waals surface area contributed by atoms with Crippen LogP contribution >= 0.6 is 0 Å². The molecule has 5 nitrogen and oxygen atoms in total. The van der Waals surface area contributed by atoms with Gasteiger partial charge in [-0.2, -0.15) is 0 Å². The molecule has 5 heteroatoms. The second-order valence-electron chi connectivity index (χ2n) is 4.69. The molecular weight excluding hydrogens is 254 g/mol. The van der Waals surface area contributed by atoms with Crippen LogP contribution in [0.1, 0.15) is 17.8 Å². The molecule has 20 heavy (non-hydrogen) atoms. The quantitative estimate of drug-likeness (QED) is 0.841. The van der Waals surface area contributed by atoms with E-state index in [1.165, 1.54) is 0 Å². The van der Waals surface area contributed by atoms with Gasteiger partial charge in [0, 0.05) is 31.9 Å². The van der Waals surface area contributed by atoms with Crippen LogP contribution in [-0.4, -0.2) is 27.1 Å². The third kappa shape index (κ3) is 4.12. The third-order valence-electron chi connectivity index (χ3n) is 3.15. The predicted molar refractivity (Wildman–Crippen MR) is 76.4 cm³/mol. The van der Waals surface area contributed by atoms with Crippen LogP contribution in [0.3, 0.4) is 0 Å². The molecule has 0 atom stereocenters. The van der Waals surface area contributed by atoms with Gasteiger partial charge >= 0.3 is 0 Å². The lowest BCUT2D eigenvalue weighted by molar-refractivity contribution is -0.121. The van der Waals surface area contributed by atoms with Gasteiger partial charge in [-0.15, -0.1) is 0 Å². The van der Waals surface area contributed by atoms with Crippen LogP contribution in [0.4, 0.5) is 0 Å². The summed E-state index contributed by atoms with van der Waals surface area (Å²) < 4.78 is 2.00. The number of aromatic nitrogens is 2. The summed E-state index contributed by atoms with van der Waals surface area (Å²) in [6, 6.07) is 6.99. The predicted octanol–water partition coefficient (Wildman–Crippen LogP) is 1.65. The average molecular weight is 273 g/mol. The zero-order valence-corrected chi connectivity index (χ0v) is 11.5. The van der Waals surface area contributed by atoms with E-state index in [9.17, 15) is 9.90 Å². The Morgan fingerprint density at radius 1 is 1.45 bits per heavy atom. The molecule has 2 aromatic rings. The summed E-state index contributed by atoms with van der Waals surface area (Å²) in [6.07, 6.45) is 4.70. The van der Waals surface area contributed by atoms with Crippen molar-refractivity contribution in [1.29, 1.82) is 0 Å². The van der Waals surface area contributed by atoms with Crippen molar-refractivity contribution in [3.63, 3.8) is 0 Å². The zero-order chi connectivity index (χ0) is 14.4. The number of hydrogen-bond donors (Lipinski definition) is 2. The van der Waals surface area contributed by atoms with Crippen molar-refractivity contribution in [2.75, 3.05) is 6.54 Å². The number of carbonyl (C=O) groups excluding carboxylic acids is 1. The standard InChI is InChI=1S/C15H19N3O2/c1-12-16-7-9-18(12)10-8-17-15(20)6-5-13-3-2-4-14(19)11-13/h2-4,7,9,11,19H,5-6,8,10H2,1H3,(H,17,20). The lowest BCUT2D eigenvalue weighted by Crippen LogP contribution is -2.27. The minimum atomic E-state index is 0.0195. The Morgan fingerprint density at radius 2 is 2.30 bits per heavy atom. The maximum absolute atomic E-state index is 11.7. The minimum Gasteiger partial charge on any atom is -0.508 e. The van der Waals surface area contributed by atoms with Crippen LogP contribution in [0, 0.1) is 6.92 Å². The number of rotatable bonds is 6. The van der Waals surface area contributed by atoms with Crippen LogP contribution < -0.4 is 5.32 Å². The fraction of sp³-hybridized carbons (Fsp3) is 0.333. The largest absolute Gasteiger partial charge is 0.508 e. The van der Waals surface area contributed by atoms with E-state index in [4.69, 9.17) is 0 Å². The molecule has 0 saturated carbocycles. The van der Waals surface area contributed by atoms with Gasteiger partial charge in [-0.1, -0.05) is 12.1 Å². The molecule has 1 amide bonds. The number of carbonyl (C=O) groups is 1. The number of nitrogens with zero attached hydrogens (tertiary/aromatic N) is 2. The molecule has 0 radical (unpaired) electrons. The van der Waals surface area contributed by atoms with Crippen molar-refractivity contribution in [2.45, 2.75) is 26.3 Å². The van der Waals surface area contributed by atoms with E-state index in [2.05, 4.69) is 10.3 Å². The number of aromatic hydroxyl groups is 1. The highest BCUT2D eigenvalue weighted by Gasteiger charge is 2.03. The minimum absolute atomic E-state index is 0.0195. The van der Waals surface area contributed by atoms with E-state index in [0.717, 1.165) is 17.9 Å². The van der Waals surface area contributed by atoms with Crippen LogP contribution in [0.5, 0.6) is 5.75 Å². The number of aryl methyl sites for hydroxylation is 2. The molecule has 0 aliphatic rings. The number of phenols is 1. The first kappa shape index (κ1) is 14.1. The van der Waals surface area contributed by atoms with Gasteiger partial charge in [0.2, 0.25) is 5.91 Å². The van der Waals surface area contributed by atoms with E-state index in [-0.39, 0.29) is 11.7 Å². The maximum atomic E-state index is 11.7. The first-order valence-electron chi connectivity index (χ1n) is 6.67. The van der Waals surface area contributed by atoms with Gasteiger partial charge in [0.25, 0.3) is 0 Å². The summed E-state index contributed by atoms with van der Waals surface area (Å²) >= 11 is 0. The van der Waals surface area contributed by atoms with Crippen LogP contribution in [-0.2, 0) is 17.8 Å². The highest BCUT2D eigenvalue weighted by atomic mass is 16.3. The van der Waals surface area contributed by atoms with Crippen LogP contribution in [0.2, 0.25) is 0 Å². The Morgan fingerprint density at radius 3 is 3.00 bits per heavy atom. The smallest absolute Gasteiger partial charge is 0.220 e. The van der Waals surface area contributed by atoms with Gasteiger partial charge in [-0.3, -0.25) is 4.79 Å². The number of phenolic OH excluding ortho intramolecular Hbond substituents is 1. The molecule has 0 unspecified atom stereocenters. The van der Waals surface area contributed by atoms with E-state index in [1.54, 1.807) is 24.4 Å². The number of benzene rings is 1. The molecule has 0 saturated heterocycles. The molecule has 0 aliphatic heterocycles. The molecule has 2 N–H and O–H groups in total. The Kier molecular flexibility index (Phi) is 4.76. The van der Waals surface area contributed by atoms with Gasteiger partial charge in [0.05, 0.1) is 0 Å². The van der Waals surface area contributed by atoms with E-state index in [1.807, 2.05) is 23.8 Å². The number of imidazole rings is 1. The van der Waals surface area contributed by atoms with Crippen molar-refractivity contribution >= 4 is 5.91 Å². The van der Waals surface area contributed by atoms with Gasteiger partial charge in [0.15, 0.2) is 0 Å². The van der Waals surface area contributed by atoms with Gasteiger partial charge in [-0.05, 0) is 31.0 Å². The first-order chi connectivity index (χ1) is 9.65. The summed E-state index contributed by atoms with van der Waals surface area (Å²) in [5.41, 5.74) is 0.964. The Hall–Kier alpha value is -2.30.